The van der Waals surface area contributed by atoms with Crippen molar-refractivity contribution < 1.29 is 9.21 Å². The normalized spacial score (nSPS) is 16.8. The van der Waals surface area contributed by atoms with Crippen molar-refractivity contribution in [2.24, 2.45) is 0 Å². The molecule has 0 aliphatic carbocycles. The van der Waals surface area contributed by atoms with E-state index in [-0.39, 0.29) is 11.9 Å². The van der Waals surface area contributed by atoms with E-state index >= 15 is 0 Å². The van der Waals surface area contributed by atoms with E-state index in [0.717, 1.165) is 34.1 Å². The van der Waals surface area contributed by atoms with Crippen LogP contribution in [0.2, 0.25) is 0 Å². The molecule has 1 N–H and O–H groups in total. The Kier molecular flexibility index (Phi) is 6.19. The second-order valence-corrected chi connectivity index (χ2v) is 9.28. The highest BCUT2D eigenvalue weighted by molar-refractivity contribution is 9.10. The van der Waals surface area contributed by atoms with Crippen LogP contribution < -0.4 is 5.32 Å². The molecule has 0 bridgehead atoms. The Hall–Kier alpha value is -1.63. The predicted octanol–water partition coefficient (Wildman–Crippen LogP) is 5.91. The van der Waals surface area contributed by atoms with Gasteiger partial charge in [0.1, 0.15) is 5.58 Å². The van der Waals surface area contributed by atoms with Crippen LogP contribution in [0.5, 0.6) is 0 Å². The number of halogens is 1. The summed E-state index contributed by atoms with van der Waals surface area (Å²) in [4.78, 5) is 16.8. The Labute approximate surface area is 178 Å². The van der Waals surface area contributed by atoms with E-state index in [1.807, 2.05) is 25.1 Å². The quantitative estimate of drug-likeness (QED) is 0.514. The Morgan fingerprint density at radius 2 is 2.04 bits per heavy atom. The Balaban J connectivity index is 1.52. The molecule has 6 heteroatoms. The van der Waals surface area contributed by atoms with Gasteiger partial charge in [0.05, 0.1) is 6.04 Å². The average Bonchev–Trinajstić information content (AvgIpc) is 3.23. The summed E-state index contributed by atoms with van der Waals surface area (Å²) in [6, 6.07) is 10.3. The summed E-state index contributed by atoms with van der Waals surface area (Å²) >= 11 is 5.25. The van der Waals surface area contributed by atoms with Crippen LogP contribution in [-0.2, 0) is 0 Å². The number of fused-ring (bicyclic) bond motifs is 1. The summed E-state index contributed by atoms with van der Waals surface area (Å²) in [5.74, 6) is 0.273. The van der Waals surface area contributed by atoms with Crippen LogP contribution in [0.3, 0.4) is 0 Å². The molecule has 148 valence electrons. The molecule has 0 radical (unpaired) electrons. The number of amides is 1. The third-order valence-corrected chi connectivity index (χ3v) is 6.98. The summed E-state index contributed by atoms with van der Waals surface area (Å²) in [6.07, 6.45) is 5.06. The largest absolute Gasteiger partial charge is 0.451 e. The molecule has 3 aromatic rings. The number of nitrogens with zero attached hydrogens (tertiary/aromatic N) is 1. The zero-order chi connectivity index (χ0) is 19.5. The third kappa shape index (κ3) is 4.19. The first-order valence-electron chi connectivity index (χ1n) is 9.88. The van der Waals surface area contributed by atoms with Crippen LogP contribution in [-0.4, -0.2) is 30.4 Å². The zero-order valence-corrected chi connectivity index (χ0v) is 18.4. The summed E-state index contributed by atoms with van der Waals surface area (Å²) in [7, 11) is 0. The molecule has 4 rings (SSSR count). The lowest BCUT2D eigenvalue weighted by atomic mass is 10.1. The molecule has 0 saturated carbocycles. The molecule has 28 heavy (non-hydrogen) atoms. The second kappa shape index (κ2) is 8.80. The van der Waals surface area contributed by atoms with Gasteiger partial charge in [-0.1, -0.05) is 34.8 Å². The molecule has 4 nitrogen and oxygen atoms in total. The Morgan fingerprint density at radius 1 is 1.25 bits per heavy atom. The van der Waals surface area contributed by atoms with Gasteiger partial charge in [-0.15, -0.1) is 11.3 Å². The molecule has 0 unspecified atom stereocenters. The van der Waals surface area contributed by atoms with Crippen molar-refractivity contribution in [2.75, 3.05) is 19.6 Å². The van der Waals surface area contributed by atoms with Crippen LogP contribution in [0, 0.1) is 6.92 Å². The minimum atomic E-state index is -0.138. The number of benzene rings is 1. The molecular formula is C22H25BrN2O2S. The standard InChI is InChI=1S/C22H25BrN2O2S/c1-15-17-13-16(23)8-9-19(17)27-21(15)22(26)24-14-18(20-7-6-12-28-20)25-10-4-2-3-5-11-25/h6-9,12-13,18H,2-5,10-11,14H2,1H3,(H,24,26)/t18-/m0/s1. The van der Waals surface area contributed by atoms with Gasteiger partial charge in [0, 0.05) is 26.8 Å². The topological polar surface area (TPSA) is 45.5 Å². The lowest BCUT2D eigenvalue weighted by molar-refractivity contribution is 0.0907. The van der Waals surface area contributed by atoms with Gasteiger partial charge in [0.2, 0.25) is 0 Å². The van der Waals surface area contributed by atoms with E-state index in [2.05, 4.69) is 43.7 Å². The van der Waals surface area contributed by atoms with E-state index in [1.165, 1.54) is 30.6 Å². The molecule has 1 aromatic carbocycles. The Morgan fingerprint density at radius 3 is 2.75 bits per heavy atom. The van der Waals surface area contributed by atoms with E-state index < -0.39 is 0 Å². The third-order valence-electron chi connectivity index (χ3n) is 5.51. The molecule has 1 saturated heterocycles. The first-order chi connectivity index (χ1) is 13.6. The second-order valence-electron chi connectivity index (χ2n) is 7.39. The number of carbonyl (C=O) groups is 1. The monoisotopic (exact) mass is 460 g/mol. The van der Waals surface area contributed by atoms with Crippen LogP contribution in [0.1, 0.15) is 52.7 Å². The lowest BCUT2D eigenvalue weighted by Gasteiger charge is -2.30. The van der Waals surface area contributed by atoms with Gasteiger partial charge >= 0.3 is 0 Å². The van der Waals surface area contributed by atoms with E-state index in [9.17, 15) is 4.79 Å². The number of hydrogen-bond donors (Lipinski definition) is 1. The molecule has 3 heterocycles. The molecule has 1 aliphatic rings. The fourth-order valence-electron chi connectivity index (χ4n) is 3.98. The van der Waals surface area contributed by atoms with Gasteiger partial charge in [-0.3, -0.25) is 9.69 Å². The smallest absolute Gasteiger partial charge is 0.287 e. The SMILES string of the molecule is Cc1c(C(=O)NC[C@@H](c2cccs2)N2CCCCCC2)oc2ccc(Br)cc12. The fraction of sp³-hybridized carbons (Fsp3) is 0.409. The molecule has 1 amide bonds. The van der Waals surface area contributed by atoms with Crippen LogP contribution in [0.4, 0.5) is 0 Å². The maximum atomic E-state index is 12.9. The highest BCUT2D eigenvalue weighted by Gasteiger charge is 2.24. The van der Waals surface area contributed by atoms with Crippen LogP contribution >= 0.6 is 27.3 Å². The summed E-state index contributed by atoms with van der Waals surface area (Å²) in [6.45, 7) is 4.73. The number of aryl methyl sites for hydroxylation is 1. The number of furan rings is 1. The molecular weight excluding hydrogens is 436 g/mol. The van der Waals surface area contributed by atoms with E-state index in [4.69, 9.17) is 4.42 Å². The number of thiophene rings is 1. The maximum Gasteiger partial charge on any atom is 0.287 e. The van der Waals surface area contributed by atoms with Gasteiger partial charge < -0.3 is 9.73 Å². The predicted molar refractivity (Wildman–Crippen MR) is 118 cm³/mol. The van der Waals surface area contributed by atoms with Crippen LogP contribution in [0.15, 0.2) is 44.6 Å². The molecule has 2 aromatic heterocycles. The summed E-state index contributed by atoms with van der Waals surface area (Å²) < 4.78 is 6.84. The summed E-state index contributed by atoms with van der Waals surface area (Å²) in [5.41, 5.74) is 1.63. The van der Waals surface area contributed by atoms with Gasteiger partial charge in [-0.05, 0) is 62.5 Å². The number of rotatable bonds is 5. The fourth-order valence-corrected chi connectivity index (χ4v) is 5.20. The maximum absolute atomic E-state index is 12.9. The number of nitrogens with one attached hydrogen (secondary N) is 1. The number of carbonyl (C=O) groups excluding carboxylic acids is 1. The first kappa shape index (κ1) is 19.7. The number of hydrogen-bond acceptors (Lipinski definition) is 4. The molecule has 1 aliphatic heterocycles. The highest BCUT2D eigenvalue weighted by Crippen LogP contribution is 2.29. The highest BCUT2D eigenvalue weighted by atomic mass is 79.9. The molecule has 1 atom stereocenters. The summed E-state index contributed by atoms with van der Waals surface area (Å²) in [5, 5.41) is 6.23. The Bertz CT molecular complexity index is 943. The van der Waals surface area contributed by atoms with Gasteiger partial charge in [-0.2, -0.15) is 0 Å². The molecule has 0 spiro atoms. The zero-order valence-electron chi connectivity index (χ0n) is 16.0. The number of likely N-dealkylation sites (tertiary alicyclic amines) is 1. The van der Waals surface area contributed by atoms with Crippen molar-refractivity contribution in [3.8, 4) is 0 Å². The van der Waals surface area contributed by atoms with E-state index in [1.54, 1.807) is 11.3 Å². The minimum absolute atomic E-state index is 0.138. The van der Waals surface area contributed by atoms with Gasteiger partial charge in [0.25, 0.3) is 5.91 Å². The van der Waals surface area contributed by atoms with Crippen molar-refractivity contribution in [1.82, 2.24) is 10.2 Å². The minimum Gasteiger partial charge on any atom is -0.451 e. The van der Waals surface area contributed by atoms with Gasteiger partial charge in [-0.25, -0.2) is 0 Å². The van der Waals surface area contributed by atoms with E-state index in [0.29, 0.717) is 12.3 Å². The lowest BCUT2D eigenvalue weighted by Crippen LogP contribution is -2.38. The van der Waals surface area contributed by atoms with Crippen molar-refractivity contribution in [3.05, 3.63) is 56.4 Å². The molecule has 1 fully saturated rings. The average molecular weight is 461 g/mol. The first-order valence-corrected chi connectivity index (χ1v) is 11.5. The van der Waals surface area contributed by atoms with Crippen molar-refractivity contribution in [3.63, 3.8) is 0 Å². The van der Waals surface area contributed by atoms with Crippen molar-refractivity contribution >= 4 is 44.1 Å². The van der Waals surface area contributed by atoms with Crippen molar-refractivity contribution in [2.45, 2.75) is 38.6 Å². The van der Waals surface area contributed by atoms with Crippen LogP contribution in [0.25, 0.3) is 11.0 Å². The van der Waals surface area contributed by atoms with Gasteiger partial charge in [0.15, 0.2) is 5.76 Å². The van der Waals surface area contributed by atoms with Crippen molar-refractivity contribution in [1.29, 1.82) is 0 Å².